The number of nitrogens with one attached hydrogen (secondary N) is 1. The lowest BCUT2D eigenvalue weighted by molar-refractivity contribution is 0.280. The van der Waals surface area contributed by atoms with E-state index in [1.54, 1.807) is 7.11 Å². The summed E-state index contributed by atoms with van der Waals surface area (Å²) in [6, 6.07) is 14.0. The van der Waals surface area contributed by atoms with Crippen LogP contribution in [0.3, 0.4) is 0 Å². The Kier molecular flexibility index (Phi) is 8.24. The third-order valence-electron chi connectivity index (χ3n) is 3.28. The van der Waals surface area contributed by atoms with Gasteiger partial charge in [-0.3, -0.25) is 0 Å². The molecule has 2 aromatic rings. The van der Waals surface area contributed by atoms with Crippen LogP contribution in [0.15, 0.2) is 42.5 Å². The molecule has 0 saturated carbocycles. The summed E-state index contributed by atoms with van der Waals surface area (Å²) < 4.78 is 11.4. The Morgan fingerprint density at radius 1 is 1.09 bits per heavy atom. The van der Waals surface area contributed by atoms with Crippen LogP contribution >= 0.6 is 24.0 Å². The van der Waals surface area contributed by atoms with E-state index < -0.39 is 0 Å². The lowest BCUT2D eigenvalue weighted by Gasteiger charge is -2.16. The van der Waals surface area contributed by atoms with Gasteiger partial charge in [0.2, 0.25) is 0 Å². The van der Waals surface area contributed by atoms with E-state index >= 15 is 0 Å². The Bertz CT molecular complexity index is 600. The monoisotopic (exact) mass is 355 g/mol. The Labute approximate surface area is 149 Å². The summed E-state index contributed by atoms with van der Waals surface area (Å²) in [5, 5.41) is 4.13. The van der Waals surface area contributed by atoms with Crippen molar-refractivity contribution in [3.05, 3.63) is 58.6 Å². The zero-order valence-corrected chi connectivity index (χ0v) is 15.2. The molecule has 0 heterocycles. The first-order chi connectivity index (χ1) is 10.6. The SMILES string of the molecule is COc1cccc(CNC(C)C)c1OCc1ccc(Cl)cc1.Cl. The van der Waals surface area contributed by atoms with Gasteiger partial charge < -0.3 is 14.8 Å². The van der Waals surface area contributed by atoms with Gasteiger partial charge in [0.25, 0.3) is 0 Å². The first-order valence-electron chi connectivity index (χ1n) is 7.36. The highest BCUT2D eigenvalue weighted by Gasteiger charge is 2.11. The Morgan fingerprint density at radius 3 is 2.39 bits per heavy atom. The van der Waals surface area contributed by atoms with E-state index in [1.165, 1.54) is 0 Å². The fourth-order valence-corrected chi connectivity index (χ4v) is 2.20. The smallest absolute Gasteiger partial charge is 0.166 e. The molecule has 0 amide bonds. The van der Waals surface area contributed by atoms with Gasteiger partial charge in [0.05, 0.1) is 7.11 Å². The van der Waals surface area contributed by atoms with Crippen molar-refractivity contribution >= 4 is 24.0 Å². The second-order valence-electron chi connectivity index (χ2n) is 5.40. The fourth-order valence-electron chi connectivity index (χ4n) is 2.08. The summed E-state index contributed by atoms with van der Waals surface area (Å²) in [4.78, 5) is 0. The summed E-state index contributed by atoms with van der Waals surface area (Å²) in [6.07, 6.45) is 0. The topological polar surface area (TPSA) is 30.5 Å². The largest absolute Gasteiger partial charge is 0.493 e. The second kappa shape index (κ2) is 9.66. The summed E-state index contributed by atoms with van der Waals surface area (Å²) in [5.74, 6) is 1.53. The molecule has 1 N–H and O–H groups in total. The molecule has 2 aromatic carbocycles. The van der Waals surface area contributed by atoms with E-state index in [9.17, 15) is 0 Å². The van der Waals surface area contributed by atoms with Crippen LogP contribution in [0, 0.1) is 0 Å². The van der Waals surface area contributed by atoms with Gasteiger partial charge >= 0.3 is 0 Å². The molecule has 0 unspecified atom stereocenters. The van der Waals surface area contributed by atoms with Gasteiger partial charge in [0.1, 0.15) is 6.61 Å². The van der Waals surface area contributed by atoms with Crippen molar-refractivity contribution in [2.75, 3.05) is 7.11 Å². The number of ether oxygens (including phenoxy) is 2. The van der Waals surface area contributed by atoms with Gasteiger partial charge in [-0.15, -0.1) is 12.4 Å². The average molecular weight is 356 g/mol. The third-order valence-corrected chi connectivity index (χ3v) is 3.53. The normalized spacial score (nSPS) is 10.3. The predicted molar refractivity (Wildman–Crippen MR) is 98.0 cm³/mol. The van der Waals surface area contributed by atoms with Crippen molar-refractivity contribution < 1.29 is 9.47 Å². The lowest BCUT2D eigenvalue weighted by Crippen LogP contribution is -2.22. The maximum atomic E-state index is 6.01. The molecular weight excluding hydrogens is 333 g/mol. The van der Waals surface area contributed by atoms with Crippen LogP contribution in [0.25, 0.3) is 0 Å². The average Bonchev–Trinajstić information content (AvgIpc) is 2.52. The molecule has 0 spiro atoms. The van der Waals surface area contributed by atoms with Gasteiger partial charge in [-0.25, -0.2) is 0 Å². The van der Waals surface area contributed by atoms with Crippen LogP contribution in [-0.4, -0.2) is 13.2 Å². The molecule has 0 aliphatic rings. The summed E-state index contributed by atoms with van der Waals surface area (Å²) >= 11 is 5.90. The Hall–Kier alpha value is -1.42. The molecular formula is C18H23Cl2NO2. The minimum absolute atomic E-state index is 0. The minimum atomic E-state index is 0. The zero-order chi connectivity index (χ0) is 15.9. The van der Waals surface area contributed by atoms with Crippen molar-refractivity contribution in [1.82, 2.24) is 5.32 Å². The molecule has 0 bridgehead atoms. The van der Waals surface area contributed by atoms with Crippen LogP contribution in [0.4, 0.5) is 0 Å². The molecule has 0 aliphatic carbocycles. The molecule has 0 saturated heterocycles. The molecule has 2 rings (SSSR count). The Balaban J connectivity index is 0.00000264. The van der Waals surface area contributed by atoms with Crippen molar-refractivity contribution in [3.63, 3.8) is 0 Å². The molecule has 0 fully saturated rings. The van der Waals surface area contributed by atoms with E-state index in [2.05, 4.69) is 25.2 Å². The number of hydrogen-bond donors (Lipinski definition) is 1. The van der Waals surface area contributed by atoms with Crippen LogP contribution in [0.5, 0.6) is 11.5 Å². The number of hydrogen-bond acceptors (Lipinski definition) is 3. The van der Waals surface area contributed by atoms with E-state index in [0.717, 1.165) is 34.2 Å². The number of para-hydroxylation sites is 1. The van der Waals surface area contributed by atoms with E-state index in [0.29, 0.717) is 12.6 Å². The van der Waals surface area contributed by atoms with Crippen LogP contribution in [-0.2, 0) is 13.2 Å². The summed E-state index contributed by atoms with van der Waals surface area (Å²) in [5.41, 5.74) is 2.15. The van der Waals surface area contributed by atoms with Crippen molar-refractivity contribution in [2.45, 2.75) is 33.0 Å². The third kappa shape index (κ3) is 5.94. The van der Waals surface area contributed by atoms with Crippen LogP contribution in [0.2, 0.25) is 5.02 Å². The maximum Gasteiger partial charge on any atom is 0.166 e. The summed E-state index contributed by atoms with van der Waals surface area (Å²) in [7, 11) is 1.66. The van der Waals surface area contributed by atoms with E-state index in [-0.39, 0.29) is 12.4 Å². The van der Waals surface area contributed by atoms with Crippen molar-refractivity contribution in [1.29, 1.82) is 0 Å². The summed E-state index contributed by atoms with van der Waals surface area (Å²) in [6.45, 7) is 5.46. The molecule has 0 aromatic heterocycles. The first-order valence-corrected chi connectivity index (χ1v) is 7.74. The Morgan fingerprint density at radius 2 is 1.78 bits per heavy atom. The fraction of sp³-hybridized carbons (Fsp3) is 0.333. The highest BCUT2D eigenvalue weighted by Crippen LogP contribution is 2.32. The lowest BCUT2D eigenvalue weighted by atomic mass is 10.1. The predicted octanol–water partition coefficient (Wildman–Crippen LogP) is 4.85. The molecule has 0 radical (unpaired) electrons. The van der Waals surface area contributed by atoms with Crippen molar-refractivity contribution in [3.8, 4) is 11.5 Å². The highest BCUT2D eigenvalue weighted by molar-refractivity contribution is 6.30. The van der Waals surface area contributed by atoms with E-state index in [4.69, 9.17) is 21.1 Å². The highest BCUT2D eigenvalue weighted by atomic mass is 35.5. The standard InChI is InChI=1S/C18H22ClNO2.ClH/c1-13(2)20-11-15-5-4-6-17(21-3)18(15)22-12-14-7-9-16(19)10-8-14;/h4-10,13,20H,11-12H2,1-3H3;1H. The number of benzene rings is 2. The molecule has 0 aliphatic heterocycles. The number of rotatable bonds is 7. The quantitative estimate of drug-likeness (QED) is 0.770. The van der Waals surface area contributed by atoms with Gasteiger partial charge in [-0.2, -0.15) is 0 Å². The van der Waals surface area contributed by atoms with Gasteiger partial charge in [-0.1, -0.05) is 49.7 Å². The van der Waals surface area contributed by atoms with Crippen LogP contribution in [0.1, 0.15) is 25.0 Å². The van der Waals surface area contributed by atoms with E-state index in [1.807, 2.05) is 36.4 Å². The molecule has 126 valence electrons. The molecule has 3 nitrogen and oxygen atoms in total. The zero-order valence-electron chi connectivity index (χ0n) is 13.6. The molecule has 5 heteroatoms. The minimum Gasteiger partial charge on any atom is -0.493 e. The van der Waals surface area contributed by atoms with Crippen LogP contribution < -0.4 is 14.8 Å². The first kappa shape index (κ1) is 19.6. The molecule has 23 heavy (non-hydrogen) atoms. The van der Waals surface area contributed by atoms with Gasteiger partial charge in [0, 0.05) is 23.2 Å². The maximum absolute atomic E-state index is 6.01. The van der Waals surface area contributed by atoms with Gasteiger partial charge in [-0.05, 0) is 23.8 Å². The second-order valence-corrected chi connectivity index (χ2v) is 5.84. The van der Waals surface area contributed by atoms with Gasteiger partial charge in [0.15, 0.2) is 11.5 Å². The number of halogens is 2. The number of methoxy groups -OCH3 is 1. The van der Waals surface area contributed by atoms with Crippen molar-refractivity contribution in [2.24, 2.45) is 0 Å². The molecule has 0 atom stereocenters.